The van der Waals surface area contributed by atoms with Crippen molar-refractivity contribution >= 4 is 24.2 Å². The lowest BCUT2D eigenvalue weighted by Gasteiger charge is -2.55. The number of amides is 2. The lowest BCUT2D eigenvalue weighted by molar-refractivity contribution is -0.146. The molecular weight excluding hydrogens is 398 g/mol. The summed E-state index contributed by atoms with van der Waals surface area (Å²) in [6, 6.07) is 7.74. The Morgan fingerprint density at radius 1 is 1.03 bits per heavy atom. The molecule has 1 atom stereocenters. The summed E-state index contributed by atoms with van der Waals surface area (Å²) in [5, 5.41) is 3.23. The van der Waals surface area contributed by atoms with Gasteiger partial charge in [-0.05, 0) is 92.9 Å². The summed E-state index contributed by atoms with van der Waals surface area (Å²) in [6.07, 6.45) is 8.34. The minimum atomic E-state index is -0.0973. The highest BCUT2D eigenvalue weighted by atomic mass is 35.5. The molecule has 1 aliphatic heterocycles. The van der Waals surface area contributed by atoms with Gasteiger partial charge in [0, 0.05) is 30.6 Å². The molecule has 4 saturated carbocycles. The smallest absolute Gasteiger partial charge is 0.253 e. The SMILES string of the molecule is Cl.NCC1CCN(C(=O)c2ccc(CNC(=O)C34CC5CC(CC(C5)C3)C4)cc2)C1. The van der Waals surface area contributed by atoms with E-state index in [1.807, 2.05) is 29.2 Å². The van der Waals surface area contributed by atoms with E-state index in [-0.39, 0.29) is 29.6 Å². The van der Waals surface area contributed by atoms with Crippen LogP contribution in [0.3, 0.4) is 0 Å². The number of benzene rings is 1. The molecule has 4 bridgehead atoms. The van der Waals surface area contributed by atoms with Crippen LogP contribution in [0.2, 0.25) is 0 Å². The van der Waals surface area contributed by atoms with Gasteiger partial charge in [0.1, 0.15) is 0 Å². The monoisotopic (exact) mass is 431 g/mol. The summed E-state index contributed by atoms with van der Waals surface area (Å²) in [5.41, 5.74) is 7.41. The molecule has 1 saturated heterocycles. The van der Waals surface area contributed by atoms with Crippen LogP contribution in [0.15, 0.2) is 24.3 Å². The third-order valence-corrected chi connectivity index (χ3v) is 8.08. The van der Waals surface area contributed by atoms with Crippen molar-refractivity contribution in [1.29, 1.82) is 0 Å². The second kappa shape index (κ2) is 8.51. The fraction of sp³-hybridized carbons (Fsp3) is 0.667. The number of hydrogen-bond acceptors (Lipinski definition) is 3. The van der Waals surface area contributed by atoms with Crippen molar-refractivity contribution in [2.24, 2.45) is 34.8 Å². The van der Waals surface area contributed by atoms with Crippen LogP contribution < -0.4 is 11.1 Å². The molecule has 1 aromatic carbocycles. The molecule has 6 heteroatoms. The van der Waals surface area contributed by atoms with Gasteiger partial charge in [0.05, 0.1) is 0 Å². The number of carbonyl (C=O) groups is 2. The zero-order chi connectivity index (χ0) is 20.0. The topological polar surface area (TPSA) is 75.4 Å². The van der Waals surface area contributed by atoms with E-state index < -0.39 is 0 Å². The van der Waals surface area contributed by atoms with E-state index in [0.717, 1.165) is 67.7 Å². The summed E-state index contributed by atoms with van der Waals surface area (Å²) in [7, 11) is 0. The minimum absolute atomic E-state index is 0. The van der Waals surface area contributed by atoms with Crippen LogP contribution in [-0.2, 0) is 11.3 Å². The Balaban J connectivity index is 0.00000218. The van der Waals surface area contributed by atoms with E-state index in [0.29, 0.717) is 19.0 Å². The third kappa shape index (κ3) is 3.99. The van der Waals surface area contributed by atoms with Gasteiger partial charge < -0.3 is 16.0 Å². The van der Waals surface area contributed by atoms with Crippen LogP contribution in [0, 0.1) is 29.1 Å². The third-order valence-electron chi connectivity index (χ3n) is 8.08. The zero-order valence-corrected chi connectivity index (χ0v) is 18.5. The molecule has 1 aromatic rings. The highest BCUT2D eigenvalue weighted by Gasteiger charge is 2.54. The van der Waals surface area contributed by atoms with Gasteiger partial charge in [0.15, 0.2) is 0 Å². The second-order valence-electron chi connectivity index (χ2n) is 10.2. The Labute approximate surface area is 185 Å². The van der Waals surface area contributed by atoms with E-state index in [1.165, 1.54) is 19.3 Å². The average Bonchev–Trinajstić information content (AvgIpc) is 3.20. The minimum Gasteiger partial charge on any atom is -0.352 e. The fourth-order valence-corrected chi connectivity index (χ4v) is 6.92. The molecule has 5 fully saturated rings. The van der Waals surface area contributed by atoms with Gasteiger partial charge in [-0.2, -0.15) is 0 Å². The van der Waals surface area contributed by atoms with Gasteiger partial charge >= 0.3 is 0 Å². The molecule has 0 aromatic heterocycles. The van der Waals surface area contributed by atoms with Gasteiger partial charge in [-0.25, -0.2) is 0 Å². The zero-order valence-electron chi connectivity index (χ0n) is 17.6. The molecule has 1 heterocycles. The maximum atomic E-state index is 13.1. The molecule has 6 rings (SSSR count). The molecule has 1 unspecified atom stereocenters. The first-order chi connectivity index (χ1) is 14.0. The van der Waals surface area contributed by atoms with E-state index in [9.17, 15) is 9.59 Å². The number of nitrogens with zero attached hydrogens (tertiary/aromatic N) is 1. The van der Waals surface area contributed by atoms with Crippen LogP contribution in [-0.4, -0.2) is 36.3 Å². The Kier molecular flexibility index (Phi) is 6.13. The van der Waals surface area contributed by atoms with Gasteiger partial charge in [-0.15, -0.1) is 12.4 Å². The largest absolute Gasteiger partial charge is 0.352 e. The normalized spacial score (nSPS) is 34.0. The lowest BCUT2D eigenvalue weighted by atomic mass is 9.49. The predicted molar refractivity (Wildman–Crippen MR) is 119 cm³/mol. The average molecular weight is 432 g/mol. The first-order valence-electron chi connectivity index (χ1n) is 11.4. The summed E-state index contributed by atoms with van der Waals surface area (Å²) in [5.74, 6) is 3.12. The molecule has 2 amide bonds. The van der Waals surface area contributed by atoms with Gasteiger partial charge in [-0.3, -0.25) is 9.59 Å². The molecule has 0 radical (unpaired) electrons. The Morgan fingerprint density at radius 3 is 2.17 bits per heavy atom. The van der Waals surface area contributed by atoms with Crippen LogP contribution >= 0.6 is 12.4 Å². The summed E-state index contributed by atoms with van der Waals surface area (Å²) in [6.45, 7) is 2.75. The van der Waals surface area contributed by atoms with Gasteiger partial charge in [-0.1, -0.05) is 12.1 Å². The van der Waals surface area contributed by atoms with Crippen molar-refractivity contribution in [1.82, 2.24) is 10.2 Å². The molecule has 0 spiro atoms. The van der Waals surface area contributed by atoms with E-state index >= 15 is 0 Å². The van der Waals surface area contributed by atoms with Crippen molar-refractivity contribution in [3.8, 4) is 0 Å². The number of carbonyl (C=O) groups excluding carboxylic acids is 2. The summed E-state index contributed by atoms with van der Waals surface area (Å²) >= 11 is 0. The summed E-state index contributed by atoms with van der Waals surface area (Å²) < 4.78 is 0. The molecule has 30 heavy (non-hydrogen) atoms. The van der Waals surface area contributed by atoms with Crippen molar-refractivity contribution in [2.75, 3.05) is 19.6 Å². The van der Waals surface area contributed by atoms with Crippen LogP contribution in [0.1, 0.15) is 60.9 Å². The van der Waals surface area contributed by atoms with E-state index in [2.05, 4.69) is 5.32 Å². The first-order valence-corrected chi connectivity index (χ1v) is 11.4. The van der Waals surface area contributed by atoms with Gasteiger partial charge in [0.2, 0.25) is 5.91 Å². The number of rotatable bonds is 5. The molecule has 4 aliphatic carbocycles. The quantitative estimate of drug-likeness (QED) is 0.750. The van der Waals surface area contributed by atoms with Crippen LogP contribution in [0.4, 0.5) is 0 Å². The maximum Gasteiger partial charge on any atom is 0.253 e. The molecular formula is C24H34ClN3O2. The number of hydrogen-bond donors (Lipinski definition) is 2. The number of likely N-dealkylation sites (tertiary alicyclic amines) is 1. The number of halogens is 1. The Hall–Kier alpha value is -1.59. The number of nitrogens with two attached hydrogens (primary N) is 1. The van der Waals surface area contributed by atoms with E-state index in [1.54, 1.807) is 0 Å². The van der Waals surface area contributed by atoms with Crippen molar-refractivity contribution in [3.63, 3.8) is 0 Å². The van der Waals surface area contributed by atoms with Crippen LogP contribution in [0.25, 0.3) is 0 Å². The maximum absolute atomic E-state index is 13.1. The Bertz CT molecular complexity index is 759. The van der Waals surface area contributed by atoms with Crippen molar-refractivity contribution < 1.29 is 9.59 Å². The van der Waals surface area contributed by atoms with E-state index in [4.69, 9.17) is 5.73 Å². The fourth-order valence-electron chi connectivity index (χ4n) is 6.92. The highest BCUT2D eigenvalue weighted by Crippen LogP contribution is 2.60. The number of nitrogens with one attached hydrogen (secondary N) is 1. The summed E-state index contributed by atoms with van der Waals surface area (Å²) in [4.78, 5) is 27.7. The predicted octanol–water partition coefficient (Wildman–Crippen LogP) is 3.36. The highest BCUT2D eigenvalue weighted by molar-refractivity contribution is 5.94. The molecule has 3 N–H and O–H groups in total. The molecule has 164 valence electrons. The van der Waals surface area contributed by atoms with Crippen molar-refractivity contribution in [3.05, 3.63) is 35.4 Å². The molecule has 5 aliphatic rings. The second-order valence-corrected chi connectivity index (χ2v) is 10.2. The Morgan fingerprint density at radius 2 is 1.63 bits per heavy atom. The standard InChI is InChI=1S/C24H33N3O2.ClH/c25-13-17-5-6-27(15-17)22(28)21-3-1-16(2-4-21)14-26-23(29)24-10-18-7-19(11-24)9-20(8-18)12-24;/h1-4,17-20H,5-15,25H2,(H,26,29);1H. The lowest BCUT2D eigenvalue weighted by Crippen LogP contribution is -2.53. The van der Waals surface area contributed by atoms with Crippen LogP contribution in [0.5, 0.6) is 0 Å². The first kappa shape index (κ1) is 21.6. The molecule has 5 nitrogen and oxygen atoms in total. The van der Waals surface area contributed by atoms with Crippen molar-refractivity contribution in [2.45, 2.75) is 51.5 Å². The van der Waals surface area contributed by atoms with Gasteiger partial charge in [0.25, 0.3) is 5.91 Å².